The standard InChI is InChI=1S/C19H23N3O4S2/c1-4-26-18(25)16-12-7-5-6-8-13(12)28-17(16)21-14(23)10-22-15(24)9-11(2)20-19(22)27-3/h9H,4-8,10H2,1-3H3,(H,21,23). The summed E-state index contributed by atoms with van der Waals surface area (Å²) in [4.78, 5) is 42.9. The second-order valence-corrected chi connectivity index (χ2v) is 8.37. The van der Waals surface area contributed by atoms with E-state index in [-0.39, 0.29) is 24.6 Å². The zero-order valence-electron chi connectivity index (χ0n) is 16.2. The number of esters is 1. The maximum atomic E-state index is 12.7. The molecule has 0 bridgehead atoms. The van der Waals surface area contributed by atoms with E-state index in [1.54, 1.807) is 13.8 Å². The van der Waals surface area contributed by atoms with E-state index in [2.05, 4.69) is 10.3 Å². The number of fused-ring (bicyclic) bond motifs is 1. The normalized spacial score (nSPS) is 13.1. The van der Waals surface area contributed by atoms with Crippen LogP contribution in [-0.2, 0) is 28.9 Å². The maximum absolute atomic E-state index is 12.7. The Morgan fingerprint density at radius 2 is 2.11 bits per heavy atom. The van der Waals surface area contributed by atoms with Gasteiger partial charge in [-0.1, -0.05) is 11.8 Å². The fourth-order valence-corrected chi connectivity index (χ4v) is 5.18. The number of amides is 1. The van der Waals surface area contributed by atoms with Gasteiger partial charge in [-0.2, -0.15) is 0 Å². The van der Waals surface area contributed by atoms with E-state index in [9.17, 15) is 14.4 Å². The van der Waals surface area contributed by atoms with Crippen LogP contribution in [0, 0.1) is 6.92 Å². The topological polar surface area (TPSA) is 90.3 Å². The molecule has 0 radical (unpaired) electrons. The molecule has 1 aliphatic rings. The first kappa shape index (κ1) is 20.6. The van der Waals surface area contributed by atoms with Crippen LogP contribution in [0.3, 0.4) is 0 Å². The molecule has 28 heavy (non-hydrogen) atoms. The lowest BCUT2D eigenvalue weighted by Crippen LogP contribution is -2.29. The highest BCUT2D eigenvalue weighted by Crippen LogP contribution is 2.38. The quantitative estimate of drug-likeness (QED) is 0.438. The molecule has 1 N–H and O–H groups in total. The minimum atomic E-state index is -0.406. The summed E-state index contributed by atoms with van der Waals surface area (Å²) in [6.45, 7) is 3.62. The molecule has 9 heteroatoms. The van der Waals surface area contributed by atoms with Gasteiger partial charge < -0.3 is 10.1 Å². The molecule has 0 atom stereocenters. The monoisotopic (exact) mass is 421 g/mol. The number of ether oxygens (including phenoxy) is 1. The van der Waals surface area contributed by atoms with Crippen LogP contribution in [0.1, 0.15) is 46.3 Å². The van der Waals surface area contributed by atoms with Crippen molar-refractivity contribution in [1.29, 1.82) is 0 Å². The summed E-state index contributed by atoms with van der Waals surface area (Å²) in [7, 11) is 0. The minimum absolute atomic E-state index is 0.160. The fraction of sp³-hybridized carbons (Fsp3) is 0.474. The molecule has 1 amide bonds. The molecule has 0 unspecified atom stereocenters. The van der Waals surface area contributed by atoms with Crippen molar-refractivity contribution in [2.45, 2.75) is 51.2 Å². The lowest BCUT2D eigenvalue weighted by Gasteiger charge is -2.13. The van der Waals surface area contributed by atoms with E-state index in [1.807, 2.05) is 6.26 Å². The van der Waals surface area contributed by atoms with Gasteiger partial charge in [-0.05, 0) is 51.3 Å². The van der Waals surface area contributed by atoms with Gasteiger partial charge in [-0.25, -0.2) is 9.78 Å². The SMILES string of the molecule is CCOC(=O)c1c(NC(=O)Cn2c(SC)nc(C)cc2=O)sc2c1CCCC2. The van der Waals surface area contributed by atoms with Crippen LogP contribution in [-0.4, -0.2) is 34.3 Å². The van der Waals surface area contributed by atoms with Crippen molar-refractivity contribution in [3.8, 4) is 0 Å². The number of thiophene rings is 1. The molecule has 2 heterocycles. The highest BCUT2D eigenvalue weighted by Gasteiger charge is 2.27. The van der Waals surface area contributed by atoms with Crippen LogP contribution >= 0.6 is 23.1 Å². The van der Waals surface area contributed by atoms with Crippen LogP contribution in [0.5, 0.6) is 0 Å². The van der Waals surface area contributed by atoms with Crippen LogP contribution < -0.4 is 10.9 Å². The zero-order chi connectivity index (χ0) is 20.3. The first-order valence-electron chi connectivity index (χ1n) is 9.18. The molecule has 0 saturated carbocycles. The minimum Gasteiger partial charge on any atom is -0.462 e. The van der Waals surface area contributed by atoms with E-state index in [1.165, 1.54) is 33.7 Å². The number of aromatic nitrogens is 2. The number of hydrogen-bond acceptors (Lipinski definition) is 7. The predicted octanol–water partition coefficient (Wildman–Crippen LogP) is 3.03. The molecule has 0 saturated heterocycles. The molecule has 0 aliphatic heterocycles. The summed E-state index contributed by atoms with van der Waals surface area (Å²) in [5, 5.41) is 3.82. The number of thioether (sulfide) groups is 1. The van der Waals surface area contributed by atoms with Gasteiger partial charge >= 0.3 is 5.97 Å². The largest absolute Gasteiger partial charge is 0.462 e. The predicted molar refractivity (Wildman–Crippen MR) is 111 cm³/mol. The Morgan fingerprint density at radius 3 is 2.82 bits per heavy atom. The molecule has 150 valence electrons. The van der Waals surface area contributed by atoms with E-state index >= 15 is 0 Å². The first-order valence-corrected chi connectivity index (χ1v) is 11.2. The van der Waals surface area contributed by atoms with E-state index < -0.39 is 5.97 Å². The number of hydrogen-bond donors (Lipinski definition) is 1. The lowest BCUT2D eigenvalue weighted by molar-refractivity contribution is -0.116. The van der Waals surface area contributed by atoms with Crippen molar-refractivity contribution >= 4 is 40.0 Å². The zero-order valence-corrected chi connectivity index (χ0v) is 17.8. The van der Waals surface area contributed by atoms with Crippen molar-refractivity contribution in [2.24, 2.45) is 0 Å². The van der Waals surface area contributed by atoms with Gasteiger partial charge in [0, 0.05) is 16.6 Å². The van der Waals surface area contributed by atoms with Crippen molar-refractivity contribution in [2.75, 3.05) is 18.2 Å². The molecule has 0 fully saturated rings. The van der Waals surface area contributed by atoms with Gasteiger partial charge in [-0.3, -0.25) is 14.2 Å². The summed E-state index contributed by atoms with van der Waals surface area (Å²) in [6.07, 6.45) is 5.62. The number of anilines is 1. The fourth-order valence-electron chi connectivity index (χ4n) is 3.28. The summed E-state index contributed by atoms with van der Waals surface area (Å²) in [5.41, 5.74) is 1.79. The molecule has 0 spiro atoms. The first-order chi connectivity index (χ1) is 13.4. The Kier molecular flexibility index (Phi) is 6.56. The van der Waals surface area contributed by atoms with Gasteiger partial charge in [-0.15, -0.1) is 11.3 Å². The van der Waals surface area contributed by atoms with E-state index in [0.29, 0.717) is 21.4 Å². The Hall–Kier alpha value is -2.13. The van der Waals surface area contributed by atoms with Gasteiger partial charge in [0.1, 0.15) is 11.5 Å². The number of nitrogens with one attached hydrogen (secondary N) is 1. The molecule has 0 aromatic carbocycles. The molecule has 7 nitrogen and oxygen atoms in total. The second kappa shape index (κ2) is 8.91. The van der Waals surface area contributed by atoms with Gasteiger partial charge in [0.25, 0.3) is 5.56 Å². The second-order valence-electron chi connectivity index (χ2n) is 6.49. The summed E-state index contributed by atoms with van der Waals surface area (Å²) < 4.78 is 6.55. The average Bonchev–Trinajstić information content (AvgIpc) is 3.01. The number of rotatable bonds is 6. The molecule has 3 rings (SSSR count). The van der Waals surface area contributed by atoms with Gasteiger partial charge in [0.05, 0.1) is 12.2 Å². The highest BCUT2D eigenvalue weighted by atomic mass is 32.2. The Labute approximate surface area is 171 Å². The molecule has 2 aromatic heterocycles. The highest BCUT2D eigenvalue weighted by molar-refractivity contribution is 7.98. The van der Waals surface area contributed by atoms with Crippen LogP contribution in [0.4, 0.5) is 5.00 Å². The van der Waals surface area contributed by atoms with E-state index in [4.69, 9.17) is 4.74 Å². The van der Waals surface area contributed by atoms with Gasteiger partial charge in [0.15, 0.2) is 5.16 Å². The van der Waals surface area contributed by atoms with Gasteiger partial charge in [0.2, 0.25) is 5.91 Å². The number of carbonyl (C=O) groups excluding carboxylic acids is 2. The molecular weight excluding hydrogens is 398 g/mol. The molecule has 2 aromatic rings. The molecular formula is C19H23N3O4S2. The smallest absolute Gasteiger partial charge is 0.341 e. The third kappa shape index (κ3) is 4.30. The third-order valence-corrected chi connectivity index (χ3v) is 6.37. The van der Waals surface area contributed by atoms with E-state index in [0.717, 1.165) is 36.1 Å². The van der Waals surface area contributed by atoms with Crippen molar-refractivity contribution in [3.05, 3.63) is 38.1 Å². The summed E-state index contributed by atoms with van der Waals surface area (Å²) >= 11 is 2.74. The number of nitrogens with zero attached hydrogens (tertiary/aromatic N) is 2. The summed E-state index contributed by atoms with van der Waals surface area (Å²) in [6, 6.07) is 1.40. The maximum Gasteiger partial charge on any atom is 0.341 e. The van der Waals surface area contributed by atoms with Crippen molar-refractivity contribution in [1.82, 2.24) is 9.55 Å². The average molecular weight is 422 g/mol. The number of carbonyl (C=O) groups is 2. The summed E-state index contributed by atoms with van der Waals surface area (Å²) in [5.74, 6) is -0.775. The third-order valence-electron chi connectivity index (χ3n) is 4.49. The van der Waals surface area contributed by atoms with Crippen LogP contribution in [0.15, 0.2) is 16.0 Å². The number of aryl methyl sites for hydroxylation is 2. The Balaban J connectivity index is 1.88. The van der Waals surface area contributed by atoms with Crippen molar-refractivity contribution < 1.29 is 14.3 Å². The van der Waals surface area contributed by atoms with Crippen molar-refractivity contribution in [3.63, 3.8) is 0 Å². The molecule has 1 aliphatic carbocycles. The Morgan fingerprint density at radius 1 is 1.36 bits per heavy atom. The van der Waals surface area contributed by atoms with Crippen LogP contribution in [0.25, 0.3) is 0 Å². The lowest BCUT2D eigenvalue weighted by atomic mass is 9.95. The van der Waals surface area contributed by atoms with Crippen LogP contribution in [0.2, 0.25) is 0 Å². The Bertz CT molecular complexity index is 965.